The number of amides is 2. The van der Waals surface area contributed by atoms with Crippen LogP contribution in [0.15, 0.2) is 59.7 Å². The first-order valence-corrected chi connectivity index (χ1v) is 13.0. The molecule has 41 heavy (non-hydrogen) atoms. The number of carbonyl (C=O) groups excluding carboxylic acids is 1. The molecule has 0 bridgehead atoms. The number of halogens is 3. The molecular formula is C28H32ClF2N5O5. The van der Waals surface area contributed by atoms with Crippen molar-refractivity contribution in [2.45, 2.75) is 58.7 Å². The highest BCUT2D eigenvalue weighted by Crippen LogP contribution is 2.24. The minimum atomic E-state index is -3.58. The van der Waals surface area contributed by atoms with Crippen LogP contribution in [0.4, 0.5) is 13.6 Å². The van der Waals surface area contributed by atoms with Gasteiger partial charge in [0, 0.05) is 47.5 Å². The summed E-state index contributed by atoms with van der Waals surface area (Å²) in [7, 11) is 0. The molecule has 0 radical (unpaired) electrons. The number of aryl methyl sites for hydroxylation is 1. The summed E-state index contributed by atoms with van der Waals surface area (Å²) in [5, 5.41) is 24.5. The van der Waals surface area contributed by atoms with Crippen LogP contribution in [0.2, 0.25) is 5.02 Å². The highest BCUT2D eigenvalue weighted by Gasteiger charge is 2.39. The van der Waals surface area contributed by atoms with Crippen molar-refractivity contribution in [2.75, 3.05) is 12.0 Å². The quantitative estimate of drug-likeness (QED) is 0.242. The Kier molecular flexibility index (Phi) is 9.59. The first-order valence-electron chi connectivity index (χ1n) is 12.7. The molecule has 0 unspecified atom stereocenters. The van der Waals surface area contributed by atoms with E-state index in [0.717, 1.165) is 16.9 Å². The van der Waals surface area contributed by atoms with E-state index >= 15 is 0 Å². The Labute approximate surface area is 240 Å². The third-order valence-electron chi connectivity index (χ3n) is 6.45. The van der Waals surface area contributed by atoms with Crippen molar-refractivity contribution >= 4 is 23.6 Å². The average molecular weight is 592 g/mol. The smallest absolute Gasteiger partial charge is 0.408 e. The second kappa shape index (κ2) is 12.5. The normalized spacial score (nSPS) is 11.7. The summed E-state index contributed by atoms with van der Waals surface area (Å²) in [6.45, 7) is 5.97. The zero-order valence-corrected chi connectivity index (χ0v) is 23.8. The van der Waals surface area contributed by atoms with Gasteiger partial charge in [-0.25, -0.2) is 9.47 Å². The Balaban J connectivity index is 1.73. The predicted molar refractivity (Wildman–Crippen MR) is 149 cm³/mol. The number of nitrogens with one attached hydrogen (secondary N) is 2. The Hall–Kier alpha value is -4.19. The molecule has 2 amide bonds. The topological polar surface area (TPSA) is 131 Å². The third kappa shape index (κ3) is 7.94. The van der Waals surface area contributed by atoms with Crippen molar-refractivity contribution in [3.05, 3.63) is 103 Å². The molecule has 0 saturated carbocycles. The van der Waals surface area contributed by atoms with Gasteiger partial charge in [0.15, 0.2) is 6.20 Å². The number of rotatable bonds is 10. The molecule has 2 aromatic heterocycles. The molecule has 220 valence electrons. The molecule has 13 heteroatoms. The molecule has 3 N–H and O–H groups in total. The Morgan fingerprint density at radius 3 is 2.49 bits per heavy atom. The zero-order valence-electron chi connectivity index (χ0n) is 23.1. The lowest BCUT2D eigenvalue weighted by molar-refractivity contribution is -0.624. The van der Waals surface area contributed by atoms with Gasteiger partial charge in [-0.1, -0.05) is 17.7 Å². The number of benzene rings is 1. The van der Waals surface area contributed by atoms with E-state index in [0.29, 0.717) is 21.7 Å². The molecule has 1 aromatic carbocycles. The molecule has 0 atom stereocenters. The first-order chi connectivity index (χ1) is 19.1. The molecule has 3 rings (SSSR count). The van der Waals surface area contributed by atoms with Gasteiger partial charge in [-0.2, -0.15) is 13.5 Å². The number of hydrogen-bond donors (Lipinski definition) is 3. The van der Waals surface area contributed by atoms with Crippen molar-refractivity contribution < 1.29 is 28.2 Å². The molecule has 3 aromatic rings. The van der Waals surface area contributed by atoms with Crippen LogP contribution < -0.4 is 21.0 Å². The van der Waals surface area contributed by atoms with Gasteiger partial charge >= 0.3 is 12.0 Å². The number of nitrogens with zero attached hydrogens (tertiary/aromatic N) is 3. The maximum Gasteiger partial charge on any atom is 0.408 e. The SMILES string of the molecule is Cc1ccn(NCC(F)(F)c2cccc[n+]2[O-])c(=O)c1CC(=O)NCc1cc(Cl)ccc1CN(C(=O)O)C(C)(C)C. The lowest BCUT2D eigenvalue weighted by atomic mass is 10.0. The standard InChI is InChI=1S/C28H32ClF2N5O5/c1-18-10-12-35(33-17-28(30,31)23-7-5-6-11-36(23)41)25(38)22(18)14-24(37)32-15-20-13-21(29)9-8-19(20)16-34(26(39)40)27(2,3)4/h5-13,33H,14-17H2,1-4H3,(H,32,37)(H,39,40). The van der Waals surface area contributed by atoms with Crippen LogP contribution in [0.1, 0.15) is 48.7 Å². The van der Waals surface area contributed by atoms with E-state index in [1.54, 1.807) is 45.9 Å². The summed E-state index contributed by atoms with van der Waals surface area (Å²) in [6, 6.07) is 10.1. The molecule has 10 nitrogen and oxygen atoms in total. The Morgan fingerprint density at radius 2 is 1.85 bits per heavy atom. The molecular weight excluding hydrogens is 560 g/mol. The van der Waals surface area contributed by atoms with Gasteiger partial charge in [-0.3, -0.25) is 14.5 Å². The van der Waals surface area contributed by atoms with E-state index < -0.39 is 41.3 Å². The zero-order chi connectivity index (χ0) is 30.5. The highest BCUT2D eigenvalue weighted by atomic mass is 35.5. The van der Waals surface area contributed by atoms with E-state index in [1.165, 1.54) is 29.3 Å². The number of hydrogen-bond acceptors (Lipinski definition) is 5. The summed E-state index contributed by atoms with van der Waals surface area (Å²) in [4.78, 5) is 39.0. The third-order valence-corrected chi connectivity index (χ3v) is 6.68. The van der Waals surface area contributed by atoms with E-state index in [9.17, 15) is 33.5 Å². The van der Waals surface area contributed by atoms with Crippen molar-refractivity contribution in [3.63, 3.8) is 0 Å². The van der Waals surface area contributed by atoms with Crippen LogP contribution >= 0.6 is 11.6 Å². The highest BCUT2D eigenvalue weighted by molar-refractivity contribution is 6.30. The minimum Gasteiger partial charge on any atom is -0.618 e. The summed E-state index contributed by atoms with van der Waals surface area (Å²) in [5.41, 5.74) is 2.02. The van der Waals surface area contributed by atoms with Gasteiger partial charge in [0.2, 0.25) is 5.91 Å². The fourth-order valence-corrected chi connectivity index (χ4v) is 4.28. The second-order valence-electron chi connectivity index (χ2n) is 10.5. The first kappa shape index (κ1) is 31.3. The summed E-state index contributed by atoms with van der Waals surface area (Å²) >= 11 is 6.15. The van der Waals surface area contributed by atoms with Crippen LogP contribution in [0.25, 0.3) is 0 Å². The summed E-state index contributed by atoms with van der Waals surface area (Å²) in [6.07, 6.45) is 0.798. The molecule has 0 fully saturated rings. The van der Waals surface area contributed by atoms with Crippen molar-refractivity contribution in [1.29, 1.82) is 0 Å². The molecule has 0 aliphatic carbocycles. The number of aromatic nitrogens is 2. The van der Waals surface area contributed by atoms with Gasteiger partial charge in [-0.15, -0.1) is 0 Å². The molecule has 0 saturated heterocycles. The Bertz CT molecular complexity index is 1490. The van der Waals surface area contributed by atoms with E-state index in [-0.39, 0.29) is 29.8 Å². The molecule has 0 aliphatic rings. The van der Waals surface area contributed by atoms with Crippen LogP contribution in [0, 0.1) is 12.1 Å². The number of pyridine rings is 2. The number of carbonyl (C=O) groups is 2. The summed E-state index contributed by atoms with van der Waals surface area (Å²) < 4.78 is 30.2. The largest absolute Gasteiger partial charge is 0.618 e. The van der Waals surface area contributed by atoms with E-state index in [2.05, 4.69) is 10.7 Å². The predicted octanol–water partition coefficient (Wildman–Crippen LogP) is 3.92. The van der Waals surface area contributed by atoms with Gasteiger partial charge < -0.3 is 21.1 Å². The fourth-order valence-electron chi connectivity index (χ4n) is 4.09. The van der Waals surface area contributed by atoms with Gasteiger partial charge in [-0.05, 0) is 68.7 Å². The van der Waals surface area contributed by atoms with Crippen LogP contribution in [-0.4, -0.2) is 38.8 Å². The molecule has 2 heterocycles. The maximum absolute atomic E-state index is 14.6. The minimum absolute atomic E-state index is 0.0170. The maximum atomic E-state index is 14.6. The van der Waals surface area contributed by atoms with Gasteiger partial charge in [0.1, 0.15) is 6.54 Å². The lowest BCUT2D eigenvalue weighted by Crippen LogP contribution is -2.44. The summed E-state index contributed by atoms with van der Waals surface area (Å²) in [5.74, 6) is -4.09. The van der Waals surface area contributed by atoms with Gasteiger partial charge in [0.25, 0.3) is 11.3 Å². The number of alkyl halides is 2. The van der Waals surface area contributed by atoms with E-state index in [4.69, 9.17) is 11.6 Å². The molecule has 0 spiro atoms. The van der Waals surface area contributed by atoms with Crippen molar-refractivity contribution in [2.24, 2.45) is 0 Å². The Morgan fingerprint density at radius 1 is 1.15 bits per heavy atom. The molecule has 0 aliphatic heterocycles. The van der Waals surface area contributed by atoms with Crippen molar-refractivity contribution in [3.8, 4) is 0 Å². The number of carboxylic acid groups (broad SMARTS) is 1. The van der Waals surface area contributed by atoms with E-state index in [1.807, 2.05) is 0 Å². The van der Waals surface area contributed by atoms with Crippen LogP contribution in [0.5, 0.6) is 0 Å². The monoisotopic (exact) mass is 591 g/mol. The fraction of sp³-hybridized carbons (Fsp3) is 0.357. The van der Waals surface area contributed by atoms with Crippen LogP contribution in [-0.2, 0) is 30.2 Å². The lowest BCUT2D eigenvalue weighted by Gasteiger charge is -2.33. The average Bonchev–Trinajstić information content (AvgIpc) is 2.88. The second-order valence-corrected chi connectivity index (χ2v) is 10.9. The van der Waals surface area contributed by atoms with Gasteiger partial charge in [0.05, 0.1) is 6.42 Å². The van der Waals surface area contributed by atoms with Crippen LogP contribution in [0.3, 0.4) is 0 Å². The van der Waals surface area contributed by atoms with Crippen molar-refractivity contribution in [1.82, 2.24) is 14.9 Å².